The number of carbonyl (C=O) groups is 1. The van der Waals surface area contributed by atoms with Crippen molar-refractivity contribution in [3.63, 3.8) is 0 Å². The van der Waals surface area contributed by atoms with Gasteiger partial charge in [0.05, 0.1) is 0 Å². The maximum Gasteiger partial charge on any atom is 0.319 e. The van der Waals surface area contributed by atoms with Crippen molar-refractivity contribution in [1.29, 1.82) is 0 Å². The van der Waals surface area contributed by atoms with Crippen molar-refractivity contribution in [2.24, 2.45) is 0 Å². The molecule has 0 aliphatic carbocycles. The summed E-state index contributed by atoms with van der Waals surface area (Å²) in [5.41, 5.74) is 0. The molecule has 0 aromatic rings. The summed E-state index contributed by atoms with van der Waals surface area (Å²) in [6, 6.07) is 0.312. The Bertz CT molecular complexity index is 193. The molecule has 0 aromatic heterocycles. The highest BCUT2D eigenvalue weighted by molar-refractivity contribution is 5.74. The molecule has 0 bridgehead atoms. The molecule has 14 heavy (non-hydrogen) atoms. The molecule has 1 heterocycles. The summed E-state index contributed by atoms with van der Waals surface area (Å²) in [6.07, 6.45) is 3.99. The molecule has 0 aromatic carbocycles. The normalized spacial score (nSPS) is 22.2. The zero-order valence-corrected chi connectivity index (χ0v) is 9.07. The minimum atomic E-state index is 0.0724. The van der Waals surface area contributed by atoms with Gasteiger partial charge in [-0.25, -0.2) is 4.79 Å². The predicted octanol–water partition coefficient (Wildman–Crippen LogP) is 0.905. The topological polar surface area (TPSA) is 43.8 Å². The fourth-order valence-corrected chi connectivity index (χ4v) is 1.96. The van der Waals surface area contributed by atoms with E-state index < -0.39 is 0 Å². The van der Waals surface area contributed by atoms with Gasteiger partial charge in [0.15, 0.2) is 0 Å². The molecule has 1 atom stereocenters. The number of hydrogen-bond donors (Lipinski definition) is 1. The highest BCUT2D eigenvalue weighted by atomic mass is 16.3. The first-order chi connectivity index (χ1) is 6.66. The van der Waals surface area contributed by atoms with E-state index in [-0.39, 0.29) is 18.7 Å². The van der Waals surface area contributed by atoms with E-state index in [1.807, 2.05) is 4.90 Å². The van der Waals surface area contributed by atoms with Crippen LogP contribution in [0, 0.1) is 0 Å². The van der Waals surface area contributed by atoms with Crippen LogP contribution in [0.3, 0.4) is 0 Å². The first-order valence-corrected chi connectivity index (χ1v) is 5.25. The van der Waals surface area contributed by atoms with Crippen molar-refractivity contribution in [3.05, 3.63) is 0 Å². The molecule has 1 aliphatic heterocycles. The van der Waals surface area contributed by atoms with Crippen LogP contribution in [-0.4, -0.2) is 54.2 Å². The van der Waals surface area contributed by atoms with Gasteiger partial charge in [-0.1, -0.05) is 0 Å². The van der Waals surface area contributed by atoms with Gasteiger partial charge in [-0.2, -0.15) is 0 Å². The van der Waals surface area contributed by atoms with E-state index in [1.165, 1.54) is 6.42 Å². The molecule has 1 saturated heterocycles. The van der Waals surface area contributed by atoms with Gasteiger partial charge in [0.2, 0.25) is 0 Å². The van der Waals surface area contributed by atoms with Crippen molar-refractivity contribution in [2.75, 3.05) is 27.2 Å². The van der Waals surface area contributed by atoms with Crippen molar-refractivity contribution >= 4 is 6.03 Å². The lowest BCUT2D eigenvalue weighted by atomic mass is 10.0. The number of likely N-dealkylation sites (tertiary alicyclic amines) is 1. The molecule has 0 spiro atoms. The second kappa shape index (κ2) is 5.20. The number of urea groups is 1. The average molecular weight is 200 g/mol. The van der Waals surface area contributed by atoms with Crippen LogP contribution in [0.5, 0.6) is 0 Å². The van der Waals surface area contributed by atoms with Gasteiger partial charge in [0.25, 0.3) is 0 Å². The highest BCUT2D eigenvalue weighted by Crippen LogP contribution is 2.20. The molecular weight excluding hydrogens is 180 g/mol. The summed E-state index contributed by atoms with van der Waals surface area (Å²) in [4.78, 5) is 15.2. The number of amides is 2. The smallest absolute Gasteiger partial charge is 0.319 e. The summed E-state index contributed by atoms with van der Waals surface area (Å²) in [7, 11) is 3.54. The molecule has 1 aliphatic rings. The molecule has 4 heteroatoms. The maximum atomic E-state index is 11.8. The number of rotatable bonds is 2. The Morgan fingerprint density at radius 2 is 2.21 bits per heavy atom. The van der Waals surface area contributed by atoms with E-state index >= 15 is 0 Å². The molecule has 1 N–H and O–H groups in total. The second-order valence-corrected chi connectivity index (χ2v) is 4.03. The Hall–Kier alpha value is -0.770. The highest BCUT2D eigenvalue weighted by Gasteiger charge is 2.26. The third kappa shape index (κ3) is 2.61. The first kappa shape index (κ1) is 11.3. The Morgan fingerprint density at radius 3 is 2.79 bits per heavy atom. The van der Waals surface area contributed by atoms with Crippen LogP contribution < -0.4 is 0 Å². The molecule has 2 amide bonds. The Balaban J connectivity index is 2.57. The van der Waals surface area contributed by atoms with Crippen LogP contribution in [-0.2, 0) is 0 Å². The van der Waals surface area contributed by atoms with E-state index in [9.17, 15) is 4.79 Å². The maximum absolute atomic E-state index is 11.8. The number of piperidine rings is 1. The lowest BCUT2D eigenvalue weighted by molar-refractivity contribution is 0.114. The fraction of sp³-hybridized carbons (Fsp3) is 0.900. The fourth-order valence-electron chi connectivity index (χ4n) is 1.96. The number of nitrogens with zero attached hydrogens (tertiary/aromatic N) is 2. The van der Waals surface area contributed by atoms with Gasteiger partial charge in [-0.15, -0.1) is 0 Å². The third-order valence-electron chi connectivity index (χ3n) is 2.72. The van der Waals surface area contributed by atoms with Crippen molar-refractivity contribution in [3.8, 4) is 0 Å². The second-order valence-electron chi connectivity index (χ2n) is 4.03. The van der Waals surface area contributed by atoms with E-state index in [4.69, 9.17) is 5.11 Å². The molecule has 0 saturated carbocycles. The Kier molecular flexibility index (Phi) is 4.20. The first-order valence-electron chi connectivity index (χ1n) is 5.25. The largest absolute Gasteiger partial charge is 0.396 e. The number of aliphatic hydroxyl groups excluding tert-OH is 1. The lowest BCUT2D eigenvalue weighted by Gasteiger charge is -2.37. The van der Waals surface area contributed by atoms with Gasteiger partial charge in [-0.05, 0) is 25.7 Å². The average Bonchev–Trinajstić information content (AvgIpc) is 2.18. The number of aliphatic hydroxyl groups is 1. The minimum Gasteiger partial charge on any atom is -0.396 e. The van der Waals surface area contributed by atoms with Crippen molar-refractivity contribution in [2.45, 2.75) is 31.7 Å². The molecule has 1 fully saturated rings. The van der Waals surface area contributed by atoms with Crippen LogP contribution in [0.1, 0.15) is 25.7 Å². The summed E-state index contributed by atoms with van der Waals surface area (Å²) in [6.45, 7) is 1.00. The van der Waals surface area contributed by atoms with Gasteiger partial charge in [0.1, 0.15) is 0 Å². The number of carbonyl (C=O) groups excluding carboxylic acids is 1. The third-order valence-corrected chi connectivity index (χ3v) is 2.72. The zero-order chi connectivity index (χ0) is 10.6. The summed E-state index contributed by atoms with van der Waals surface area (Å²) >= 11 is 0. The summed E-state index contributed by atoms with van der Waals surface area (Å²) in [5, 5.41) is 8.91. The zero-order valence-electron chi connectivity index (χ0n) is 9.07. The molecule has 0 radical (unpaired) electrons. The van der Waals surface area contributed by atoms with E-state index in [0.29, 0.717) is 6.42 Å². The van der Waals surface area contributed by atoms with Gasteiger partial charge in [0, 0.05) is 33.3 Å². The molecule has 82 valence electrons. The predicted molar refractivity (Wildman–Crippen MR) is 55.1 cm³/mol. The molecule has 1 unspecified atom stereocenters. The Labute approximate surface area is 85.5 Å². The molecule has 4 nitrogen and oxygen atoms in total. The molecular formula is C10H20N2O2. The van der Waals surface area contributed by atoms with Crippen LogP contribution in [0.4, 0.5) is 4.79 Å². The SMILES string of the molecule is CN(C)C(=O)N1CCCCC1CCO. The van der Waals surface area contributed by atoms with Crippen molar-refractivity contribution in [1.82, 2.24) is 9.80 Å². The van der Waals surface area contributed by atoms with Crippen LogP contribution in [0.15, 0.2) is 0 Å². The van der Waals surface area contributed by atoms with Gasteiger partial charge >= 0.3 is 6.03 Å². The van der Waals surface area contributed by atoms with Crippen molar-refractivity contribution < 1.29 is 9.90 Å². The summed E-state index contributed by atoms with van der Waals surface area (Å²) in [5.74, 6) is 0. The lowest BCUT2D eigenvalue weighted by Crippen LogP contribution is -2.48. The van der Waals surface area contributed by atoms with Gasteiger partial charge < -0.3 is 14.9 Å². The molecule has 1 rings (SSSR count). The van der Waals surface area contributed by atoms with E-state index in [0.717, 1.165) is 19.4 Å². The summed E-state index contributed by atoms with van der Waals surface area (Å²) < 4.78 is 0. The monoisotopic (exact) mass is 200 g/mol. The van der Waals surface area contributed by atoms with Gasteiger partial charge in [-0.3, -0.25) is 0 Å². The Morgan fingerprint density at radius 1 is 1.50 bits per heavy atom. The van der Waals surface area contributed by atoms with Crippen LogP contribution in [0.2, 0.25) is 0 Å². The minimum absolute atomic E-state index is 0.0724. The van der Waals surface area contributed by atoms with Crippen LogP contribution in [0.25, 0.3) is 0 Å². The van der Waals surface area contributed by atoms with Crippen LogP contribution >= 0.6 is 0 Å². The quantitative estimate of drug-likeness (QED) is 0.720. The number of hydrogen-bond acceptors (Lipinski definition) is 2. The van der Waals surface area contributed by atoms with E-state index in [2.05, 4.69) is 0 Å². The van der Waals surface area contributed by atoms with E-state index in [1.54, 1.807) is 19.0 Å². The standard InChI is InChI=1S/C10H20N2O2/c1-11(2)10(14)12-7-4-3-5-9(12)6-8-13/h9,13H,3-8H2,1-2H3.